The maximum Gasteiger partial charge on any atom is 0.0593 e. The molecule has 0 fully saturated rings. The zero-order chi connectivity index (χ0) is 14.1. The van der Waals surface area contributed by atoms with E-state index in [1.165, 1.54) is 11.3 Å². The zero-order valence-corrected chi connectivity index (χ0v) is 11.6. The molecule has 2 aliphatic heterocycles. The van der Waals surface area contributed by atoms with Crippen LogP contribution in [0.25, 0.3) is 0 Å². The second-order valence-electron chi connectivity index (χ2n) is 5.13. The topological polar surface area (TPSA) is 42.6 Å². The standard InChI is InChI=1S/C16H17N5/c1-2-4-15(5-3-1)20-10-11-21(19-20)18-14-7-6-13-8-9-17-16(13)12-14/h1-7,10-12,17-19H,8-9H2. The average molecular weight is 279 g/mol. The first kappa shape index (κ1) is 12.1. The van der Waals surface area contributed by atoms with Gasteiger partial charge in [-0.25, -0.2) is 5.12 Å². The molecular formula is C16H17N5. The molecule has 106 valence electrons. The van der Waals surface area contributed by atoms with Crippen molar-refractivity contribution in [3.8, 4) is 0 Å². The van der Waals surface area contributed by atoms with Gasteiger partial charge in [-0.05, 0) is 36.2 Å². The average Bonchev–Trinajstić information content (AvgIpc) is 3.17. The Morgan fingerprint density at radius 2 is 1.90 bits per heavy atom. The summed E-state index contributed by atoms with van der Waals surface area (Å²) < 4.78 is 0. The summed E-state index contributed by atoms with van der Waals surface area (Å²) in [5.74, 6) is 0. The van der Waals surface area contributed by atoms with Gasteiger partial charge in [0, 0.05) is 18.4 Å². The molecule has 2 aromatic carbocycles. The van der Waals surface area contributed by atoms with Crippen LogP contribution in [0.4, 0.5) is 17.1 Å². The number of hydrogen-bond donors (Lipinski definition) is 3. The summed E-state index contributed by atoms with van der Waals surface area (Å²) in [6.07, 6.45) is 5.04. The first-order valence-electron chi connectivity index (χ1n) is 7.10. The number of nitrogens with zero attached hydrogens (tertiary/aromatic N) is 2. The highest BCUT2D eigenvalue weighted by Crippen LogP contribution is 2.26. The predicted octanol–water partition coefficient (Wildman–Crippen LogP) is 2.69. The number of rotatable bonds is 3. The maximum absolute atomic E-state index is 3.39. The minimum absolute atomic E-state index is 1.03. The van der Waals surface area contributed by atoms with Crippen LogP contribution in [0.1, 0.15) is 5.56 Å². The van der Waals surface area contributed by atoms with Crippen molar-refractivity contribution < 1.29 is 0 Å². The Bertz CT molecular complexity index is 668. The molecule has 2 aromatic rings. The van der Waals surface area contributed by atoms with Crippen molar-refractivity contribution in [2.45, 2.75) is 6.42 Å². The van der Waals surface area contributed by atoms with Gasteiger partial charge in [-0.1, -0.05) is 24.3 Å². The van der Waals surface area contributed by atoms with E-state index < -0.39 is 0 Å². The van der Waals surface area contributed by atoms with Gasteiger partial charge in [0.15, 0.2) is 0 Å². The van der Waals surface area contributed by atoms with Gasteiger partial charge in [0.1, 0.15) is 0 Å². The van der Waals surface area contributed by atoms with Crippen LogP contribution in [0.15, 0.2) is 60.9 Å². The van der Waals surface area contributed by atoms with E-state index >= 15 is 0 Å². The van der Waals surface area contributed by atoms with Crippen molar-refractivity contribution in [2.24, 2.45) is 0 Å². The number of fused-ring (bicyclic) bond motifs is 1. The number of anilines is 3. The molecule has 0 unspecified atom stereocenters. The summed E-state index contributed by atoms with van der Waals surface area (Å²) in [6.45, 7) is 1.03. The molecule has 0 saturated carbocycles. The first-order valence-corrected chi connectivity index (χ1v) is 7.10. The molecule has 5 heteroatoms. The highest BCUT2D eigenvalue weighted by Gasteiger charge is 2.14. The Balaban J connectivity index is 1.44. The second-order valence-corrected chi connectivity index (χ2v) is 5.13. The smallest absolute Gasteiger partial charge is 0.0593 e. The highest BCUT2D eigenvalue weighted by molar-refractivity contribution is 5.63. The fourth-order valence-electron chi connectivity index (χ4n) is 2.61. The van der Waals surface area contributed by atoms with Crippen molar-refractivity contribution in [3.63, 3.8) is 0 Å². The van der Waals surface area contributed by atoms with Gasteiger partial charge < -0.3 is 5.32 Å². The summed E-state index contributed by atoms with van der Waals surface area (Å²) >= 11 is 0. The molecule has 0 saturated heterocycles. The highest BCUT2D eigenvalue weighted by atomic mass is 15.9. The van der Waals surface area contributed by atoms with Crippen molar-refractivity contribution in [1.82, 2.24) is 10.7 Å². The van der Waals surface area contributed by atoms with E-state index in [0.717, 1.165) is 24.3 Å². The van der Waals surface area contributed by atoms with Crippen LogP contribution in [0.3, 0.4) is 0 Å². The third-order valence-electron chi connectivity index (χ3n) is 3.68. The fourth-order valence-corrected chi connectivity index (χ4v) is 2.61. The van der Waals surface area contributed by atoms with Crippen LogP contribution in [0.2, 0.25) is 0 Å². The number of nitrogens with one attached hydrogen (secondary N) is 3. The third-order valence-corrected chi connectivity index (χ3v) is 3.68. The maximum atomic E-state index is 3.39. The van der Waals surface area contributed by atoms with E-state index in [1.807, 2.05) is 40.7 Å². The van der Waals surface area contributed by atoms with E-state index in [0.29, 0.717) is 0 Å². The Morgan fingerprint density at radius 3 is 2.81 bits per heavy atom. The fraction of sp³-hybridized carbons (Fsp3) is 0.125. The Morgan fingerprint density at radius 1 is 1.00 bits per heavy atom. The number of hydrogen-bond acceptors (Lipinski definition) is 5. The van der Waals surface area contributed by atoms with Crippen molar-refractivity contribution in [1.29, 1.82) is 0 Å². The Hall–Kier alpha value is -2.66. The lowest BCUT2D eigenvalue weighted by atomic mass is 10.1. The zero-order valence-electron chi connectivity index (χ0n) is 11.6. The third kappa shape index (κ3) is 2.39. The lowest BCUT2D eigenvalue weighted by Gasteiger charge is -2.23. The Kier molecular flexibility index (Phi) is 2.90. The number of hydrazine groups is 3. The van der Waals surface area contributed by atoms with E-state index in [2.05, 4.69) is 46.6 Å². The largest absolute Gasteiger partial charge is 0.384 e. The molecule has 0 radical (unpaired) electrons. The van der Waals surface area contributed by atoms with Gasteiger partial charge in [-0.15, -0.1) is 5.53 Å². The molecule has 0 spiro atoms. The summed E-state index contributed by atoms with van der Waals surface area (Å²) in [4.78, 5) is 0. The molecule has 0 aliphatic carbocycles. The van der Waals surface area contributed by atoms with Gasteiger partial charge in [-0.3, -0.25) is 10.4 Å². The summed E-state index contributed by atoms with van der Waals surface area (Å²) in [6, 6.07) is 16.6. The van der Waals surface area contributed by atoms with Gasteiger partial charge in [-0.2, -0.15) is 0 Å². The molecule has 2 aliphatic rings. The minimum atomic E-state index is 1.03. The molecule has 3 N–H and O–H groups in total. The molecule has 0 aromatic heterocycles. The van der Waals surface area contributed by atoms with Crippen molar-refractivity contribution in [3.05, 3.63) is 66.5 Å². The van der Waals surface area contributed by atoms with E-state index in [4.69, 9.17) is 0 Å². The summed E-state index contributed by atoms with van der Waals surface area (Å²) in [7, 11) is 0. The van der Waals surface area contributed by atoms with Gasteiger partial charge >= 0.3 is 0 Å². The quantitative estimate of drug-likeness (QED) is 0.806. The normalized spacial score (nSPS) is 16.0. The molecule has 2 heterocycles. The van der Waals surface area contributed by atoms with E-state index in [9.17, 15) is 0 Å². The monoisotopic (exact) mass is 279 g/mol. The van der Waals surface area contributed by atoms with Crippen molar-refractivity contribution >= 4 is 17.1 Å². The van der Waals surface area contributed by atoms with Crippen LogP contribution >= 0.6 is 0 Å². The number of para-hydroxylation sites is 1. The summed E-state index contributed by atoms with van der Waals surface area (Å²) in [5, 5.41) is 7.19. The van der Waals surface area contributed by atoms with Gasteiger partial charge in [0.2, 0.25) is 0 Å². The van der Waals surface area contributed by atoms with Crippen LogP contribution in [0, 0.1) is 0 Å². The molecule has 4 rings (SSSR count). The summed E-state index contributed by atoms with van der Waals surface area (Å²) in [5.41, 5.74) is 11.3. The molecule has 21 heavy (non-hydrogen) atoms. The predicted molar refractivity (Wildman–Crippen MR) is 85.3 cm³/mol. The molecule has 5 nitrogen and oxygen atoms in total. The second kappa shape index (κ2) is 5.03. The molecule has 0 amide bonds. The van der Waals surface area contributed by atoms with E-state index in [-0.39, 0.29) is 0 Å². The minimum Gasteiger partial charge on any atom is -0.384 e. The van der Waals surface area contributed by atoms with Crippen LogP contribution in [0.5, 0.6) is 0 Å². The van der Waals surface area contributed by atoms with Crippen LogP contribution in [-0.2, 0) is 6.42 Å². The number of benzene rings is 2. The SMILES string of the molecule is C1=CN(c2ccccc2)NN1Nc1ccc2c(c1)NCC2. The Labute approximate surface area is 123 Å². The van der Waals surface area contributed by atoms with Crippen molar-refractivity contribution in [2.75, 3.05) is 22.3 Å². The molecule has 0 atom stereocenters. The molecular weight excluding hydrogens is 262 g/mol. The van der Waals surface area contributed by atoms with Gasteiger partial charge in [0.05, 0.1) is 17.6 Å². The lowest BCUT2D eigenvalue weighted by molar-refractivity contribution is 0.353. The van der Waals surface area contributed by atoms with Crippen LogP contribution in [-0.4, -0.2) is 11.7 Å². The first-order chi connectivity index (χ1) is 10.4. The van der Waals surface area contributed by atoms with Gasteiger partial charge in [0.25, 0.3) is 0 Å². The van der Waals surface area contributed by atoms with E-state index in [1.54, 1.807) is 0 Å². The molecule has 0 bridgehead atoms. The lowest BCUT2D eigenvalue weighted by Crippen LogP contribution is -2.42. The van der Waals surface area contributed by atoms with Crippen LogP contribution < -0.4 is 21.3 Å².